The van der Waals surface area contributed by atoms with Crippen molar-refractivity contribution in [1.29, 1.82) is 0 Å². The maximum Gasteiger partial charge on any atom is 0.270 e. The summed E-state index contributed by atoms with van der Waals surface area (Å²) in [6.45, 7) is 3.16. The molecule has 0 unspecified atom stereocenters. The van der Waals surface area contributed by atoms with Crippen molar-refractivity contribution in [3.63, 3.8) is 0 Å². The quantitative estimate of drug-likeness (QED) is 0.699. The highest BCUT2D eigenvalue weighted by Gasteiger charge is 2.32. The van der Waals surface area contributed by atoms with E-state index in [1.165, 1.54) is 11.3 Å². The monoisotopic (exact) mass is 361 g/mol. The number of pyridine rings is 1. The number of nitrogens with one attached hydrogen (secondary N) is 3. The van der Waals surface area contributed by atoms with Crippen LogP contribution in [-0.2, 0) is 4.74 Å². The van der Waals surface area contributed by atoms with Crippen molar-refractivity contribution >= 4 is 28.2 Å². The highest BCUT2D eigenvalue weighted by molar-refractivity contribution is 7.14. The molecule has 1 amide bonds. The van der Waals surface area contributed by atoms with Crippen molar-refractivity contribution in [2.24, 2.45) is 5.41 Å². The lowest BCUT2D eigenvalue weighted by Gasteiger charge is -2.37. The Morgan fingerprint density at radius 1 is 1.40 bits per heavy atom. The van der Waals surface area contributed by atoms with E-state index in [4.69, 9.17) is 4.74 Å². The van der Waals surface area contributed by atoms with Crippen molar-refractivity contribution in [3.8, 4) is 0 Å². The van der Waals surface area contributed by atoms with E-state index in [2.05, 4.69) is 25.9 Å². The van der Waals surface area contributed by atoms with E-state index < -0.39 is 0 Å². The average molecular weight is 361 g/mol. The number of ether oxygens (including phenoxy) is 1. The molecule has 134 valence electrons. The highest BCUT2D eigenvalue weighted by atomic mass is 32.1. The van der Waals surface area contributed by atoms with Gasteiger partial charge in [-0.1, -0.05) is 6.07 Å². The second-order valence-electron chi connectivity index (χ2n) is 6.24. The van der Waals surface area contributed by atoms with Gasteiger partial charge < -0.3 is 20.7 Å². The Labute approximate surface area is 151 Å². The lowest BCUT2D eigenvalue weighted by molar-refractivity contribution is 0.0511. The molecule has 8 heteroatoms. The molecule has 0 aromatic carbocycles. The molecule has 0 aliphatic carbocycles. The Bertz CT molecular complexity index is 680. The molecule has 1 aliphatic rings. The molecular formula is C17H23N5O2S. The number of piperidine rings is 1. The minimum atomic E-state index is -0.153. The summed E-state index contributed by atoms with van der Waals surface area (Å²) in [5, 5.41) is 11.9. The summed E-state index contributed by atoms with van der Waals surface area (Å²) >= 11 is 1.39. The zero-order valence-electron chi connectivity index (χ0n) is 14.2. The van der Waals surface area contributed by atoms with Gasteiger partial charge in [-0.3, -0.25) is 4.79 Å². The maximum absolute atomic E-state index is 12.4. The molecular weight excluding hydrogens is 338 g/mol. The van der Waals surface area contributed by atoms with E-state index in [0.29, 0.717) is 29.8 Å². The number of rotatable bonds is 7. The van der Waals surface area contributed by atoms with Gasteiger partial charge in [0.25, 0.3) is 5.91 Å². The molecule has 0 radical (unpaired) electrons. The van der Waals surface area contributed by atoms with E-state index in [9.17, 15) is 4.79 Å². The molecule has 3 N–H and O–H groups in total. The van der Waals surface area contributed by atoms with Gasteiger partial charge in [0.05, 0.1) is 6.61 Å². The first kappa shape index (κ1) is 17.8. The standard InChI is InChI=1S/C17H23N5O2S/c1-24-12-17(5-8-18-9-6-17)11-20-15(23)13-10-25-16(21-13)22-14-4-2-3-7-19-14/h2-4,7,10,18H,5-6,8-9,11-12H2,1H3,(H,20,23)(H,19,21,22). The summed E-state index contributed by atoms with van der Waals surface area (Å²) in [5.41, 5.74) is 0.422. The fraction of sp³-hybridized carbons (Fsp3) is 0.471. The van der Waals surface area contributed by atoms with Crippen LogP contribution in [-0.4, -0.2) is 49.2 Å². The van der Waals surface area contributed by atoms with Gasteiger partial charge in [0.15, 0.2) is 5.13 Å². The number of thiazole rings is 1. The second-order valence-corrected chi connectivity index (χ2v) is 7.10. The number of carbonyl (C=O) groups is 1. The summed E-state index contributed by atoms with van der Waals surface area (Å²) in [5.74, 6) is 0.553. The average Bonchev–Trinajstić information content (AvgIpc) is 3.10. The molecule has 1 fully saturated rings. The Balaban J connectivity index is 1.58. The van der Waals surface area contributed by atoms with Gasteiger partial charge in [-0.2, -0.15) is 0 Å². The van der Waals surface area contributed by atoms with E-state index >= 15 is 0 Å². The van der Waals surface area contributed by atoms with Gasteiger partial charge in [-0.15, -0.1) is 11.3 Å². The normalized spacial score (nSPS) is 16.4. The Morgan fingerprint density at radius 2 is 2.24 bits per heavy atom. The molecule has 1 aliphatic heterocycles. The predicted octanol–water partition coefficient (Wildman–Crippen LogP) is 2.03. The lowest BCUT2D eigenvalue weighted by atomic mass is 9.79. The smallest absolute Gasteiger partial charge is 0.270 e. The zero-order valence-corrected chi connectivity index (χ0v) is 15.1. The molecule has 2 aromatic heterocycles. The Morgan fingerprint density at radius 3 is 2.96 bits per heavy atom. The number of carbonyl (C=O) groups excluding carboxylic acids is 1. The number of amides is 1. The number of hydrogen-bond acceptors (Lipinski definition) is 7. The Hall–Kier alpha value is -2.03. The first-order valence-corrected chi connectivity index (χ1v) is 9.20. The minimum Gasteiger partial charge on any atom is -0.384 e. The van der Waals surface area contributed by atoms with Crippen LogP contribution in [0.3, 0.4) is 0 Å². The third kappa shape index (κ3) is 4.75. The third-order valence-electron chi connectivity index (χ3n) is 4.38. The van der Waals surface area contributed by atoms with Gasteiger partial charge in [-0.05, 0) is 38.1 Å². The van der Waals surface area contributed by atoms with E-state index in [0.717, 1.165) is 25.9 Å². The van der Waals surface area contributed by atoms with Crippen molar-refractivity contribution in [2.45, 2.75) is 12.8 Å². The molecule has 0 spiro atoms. The topological polar surface area (TPSA) is 88.2 Å². The van der Waals surface area contributed by atoms with Gasteiger partial charge in [0.1, 0.15) is 11.5 Å². The van der Waals surface area contributed by atoms with Crippen molar-refractivity contribution in [3.05, 3.63) is 35.5 Å². The van der Waals surface area contributed by atoms with Gasteiger partial charge in [-0.25, -0.2) is 9.97 Å². The second kappa shape index (κ2) is 8.37. The van der Waals surface area contributed by atoms with Gasteiger partial charge in [0.2, 0.25) is 0 Å². The first-order valence-electron chi connectivity index (χ1n) is 8.32. The predicted molar refractivity (Wildman–Crippen MR) is 98.4 cm³/mol. The van der Waals surface area contributed by atoms with E-state index in [1.54, 1.807) is 18.7 Å². The van der Waals surface area contributed by atoms with Crippen LogP contribution < -0.4 is 16.0 Å². The largest absolute Gasteiger partial charge is 0.384 e. The van der Waals surface area contributed by atoms with Crippen LogP contribution in [0.1, 0.15) is 23.3 Å². The fourth-order valence-corrected chi connectivity index (χ4v) is 3.67. The number of nitrogens with zero attached hydrogens (tertiary/aromatic N) is 2. The van der Waals surface area contributed by atoms with Crippen molar-refractivity contribution < 1.29 is 9.53 Å². The van der Waals surface area contributed by atoms with Crippen molar-refractivity contribution in [1.82, 2.24) is 20.6 Å². The number of anilines is 2. The molecule has 3 heterocycles. The molecule has 0 bridgehead atoms. The highest BCUT2D eigenvalue weighted by Crippen LogP contribution is 2.28. The first-order chi connectivity index (χ1) is 12.2. The van der Waals surface area contributed by atoms with Crippen LogP contribution in [0.15, 0.2) is 29.8 Å². The summed E-state index contributed by atoms with van der Waals surface area (Å²) in [6.07, 6.45) is 3.69. The summed E-state index contributed by atoms with van der Waals surface area (Å²) in [6, 6.07) is 5.60. The SMILES string of the molecule is COCC1(CNC(=O)c2csc(Nc3ccccn3)n2)CCNCC1. The molecule has 7 nitrogen and oxygen atoms in total. The van der Waals surface area contributed by atoms with Crippen LogP contribution in [0, 0.1) is 5.41 Å². The molecule has 25 heavy (non-hydrogen) atoms. The van der Waals surface area contributed by atoms with Crippen molar-refractivity contribution in [2.75, 3.05) is 38.7 Å². The summed E-state index contributed by atoms with van der Waals surface area (Å²) in [7, 11) is 1.71. The zero-order chi connectivity index (χ0) is 17.5. The lowest BCUT2D eigenvalue weighted by Crippen LogP contribution is -2.47. The number of methoxy groups -OCH3 is 1. The van der Waals surface area contributed by atoms with E-state index in [1.807, 2.05) is 18.2 Å². The molecule has 0 atom stereocenters. The van der Waals surface area contributed by atoms with E-state index in [-0.39, 0.29) is 11.3 Å². The van der Waals surface area contributed by atoms with Crippen LogP contribution in [0.25, 0.3) is 0 Å². The molecule has 0 saturated carbocycles. The van der Waals surface area contributed by atoms with Crippen LogP contribution in [0.4, 0.5) is 10.9 Å². The van der Waals surface area contributed by atoms with Crippen LogP contribution in [0.5, 0.6) is 0 Å². The fourth-order valence-electron chi connectivity index (χ4n) is 2.98. The maximum atomic E-state index is 12.4. The third-order valence-corrected chi connectivity index (χ3v) is 5.13. The molecule has 2 aromatic rings. The minimum absolute atomic E-state index is 0.000714. The number of aromatic nitrogens is 2. The van der Waals surface area contributed by atoms with Gasteiger partial charge >= 0.3 is 0 Å². The summed E-state index contributed by atoms with van der Waals surface area (Å²) in [4.78, 5) is 21.0. The van der Waals surface area contributed by atoms with Crippen LogP contribution >= 0.6 is 11.3 Å². The van der Waals surface area contributed by atoms with Gasteiger partial charge in [0, 0.05) is 30.6 Å². The molecule has 3 rings (SSSR count). The Kier molecular flexibility index (Phi) is 5.95. The summed E-state index contributed by atoms with van der Waals surface area (Å²) < 4.78 is 5.38. The number of hydrogen-bond donors (Lipinski definition) is 3. The van der Waals surface area contributed by atoms with Crippen LogP contribution in [0.2, 0.25) is 0 Å². The molecule has 1 saturated heterocycles.